The van der Waals surface area contributed by atoms with Gasteiger partial charge in [0.2, 0.25) is 5.88 Å². The number of pyridine rings is 2. The van der Waals surface area contributed by atoms with E-state index in [9.17, 15) is 4.79 Å². The highest BCUT2D eigenvalue weighted by molar-refractivity contribution is 5.80. The van der Waals surface area contributed by atoms with Crippen molar-refractivity contribution < 1.29 is 14.2 Å². The molecule has 9 heteroatoms. The second kappa shape index (κ2) is 10.5. The molecule has 1 fully saturated rings. The van der Waals surface area contributed by atoms with Crippen molar-refractivity contribution in [3.8, 4) is 17.1 Å². The van der Waals surface area contributed by atoms with E-state index in [2.05, 4.69) is 27.2 Å². The van der Waals surface area contributed by atoms with E-state index in [0.717, 1.165) is 31.4 Å². The van der Waals surface area contributed by atoms with Gasteiger partial charge in [-0.3, -0.25) is 9.78 Å². The highest BCUT2D eigenvalue weighted by atomic mass is 16.5. The van der Waals surface area contributed by atoms with Crippen molar-refractivity contribution in [1.29, 1.82) is 0 Å². The topological polar surface area (TPSA) is 100 Å². The monoisotopic (exact) mass is 439 g/mol. The van der Waals surface area contributed by atoms with E-state index >= 15 is 0 Å². The summed E-state index contributed by atoms with van der Waals surface area (Å²) in [5, 5.41) is 3.19. The minimum atomic E-state index is -0.180. The van der Waals surface area contributed by atoms with Crippen LogP contribution in [-0.2, 0) is 16.0 Å². The molecular formula is C23H29N5O4. The van der Waals surface area contributed by atoms with E-state index in [1.165, 1.54) is 0 Å². The number of rotatable bonds is 10. The molecule has 0 aromatic carbocycles. The molecule has 170 valence electrons. The van der Waals surface area contributed by atoms with Crippen LogP contribution in [0.5, 0.6) is 5.88 Å². The molecule has 0 radical (unpaired) electrons. The van der Waals surface area contributed by atoms with Crippen LogP contribution in [0.25, 0.3) is 22.3 Å². The molecule has 0 saturated carbocycles. The van der Waals surface area contributed by atoms with Crippen LogP contribution in [0, 0.1) is 0 Å². The Morgan fingerprint density at radius 1 is 1.25 bits per heavy atom. The number of fused-ring (bicyclic) bond motifs is 1. The van der Waals surface area contributed by atoms with E-state index in [4.69, 9.17) is 14.2 Å². The standard InChI is InChI=1S/C23H29N5O4/c1-3-9-31-11-8-28-20-12-18(16-6-7-21(30-2)25-13-16)24-15-19(20)27-22(23(28)29)26-14-17-5-4-10-32-17/h6-7,12-13,15,17H,3-5,8-11,14H2,1-2H3,(H,26,27)/t17-/m1/s1. The summed E-state index contributed by atoms with van der Waals surface area (Å²) in [4.78, 5) is 26.6. The summed E-state index contributed by atoms with van der Waals surface area (Å²) in [6, 6.07) is 5.54. The molecule has 4 heterocycles. The second-order valence-corrected chi connectivity index (χ2v) is 7.69. The van der Waals surface area contributed by atoms with Gasteiger partial charge in [0.05, 0.1) is 37.2 Å². The van der Waals surface area contributed by atoms with Gasteiger partial charge in [-0.25, -0.2) is 9.97 Å². The summed E-state index contributed by atoms with van der Waals surface area (Å²) in [6.07, 6.45) is 6.46. The molecule has 32 heavy (non-hydrogen) atoms. The third-order valence-electron chi connectivity index (χ3n) is 5.40. The number of nitrogens with zero attached hydrogens (tertiary/aromatic N) is 4. The van der Waals surface area contributed by atoms with Crippen molar-refractivity contribution in [2.24, 2.45) is 0 Å². The fourth-order valence-electron chi connectivity index (χ4n) is 3.71. The van der Waals surface area contributed by atoms with E-state index < -0.39 is 0 Å². The number of nitrogens with one attached hydrogen (secondary N) is 1. The Balaban J connectivity index is 1.68. The molecule has 1 aliphatic heterocycles. The SMILES string of the molecule is CCCOCCn1c(=O)c(NC[C@H]2CCCO2)nc2cnc(-c3ccc(OC)nc3)cc21. The first-order valence-corrected chi connectivity index (χ1v) is 11.0. The molecule has 1 saturated heterocycles. The van der Waals surface area contributed by atoms with Crippen molar-refractivity contribution in [3.05, 3.63) is 40.9 Å². The molecule has 3 aromatic heterocycles. The van der Waals surface area contributed by atoms with Crippen molar-refractivity contribution >= 4 is 16.9 Å². The van der Waals surface area contributed by atoms with Gasteiger partial charge in [-0.2, -0.15) is 0 Å². The lowest BCUT2D eigenvalue weighted by Gasteiger charge is -2.15. The Hall–Kier alpha value is -3.04. The third-order valence-corrected chi connectivity index (χ3v) is 5.40. The molecule has 0 unspecified atom stereocenters. The Bertz CT molecular complexity index is 1090. The van der Waals surface area contributed by atoms with Gasteiger partial charge in [0.25, 0.3) is 5.56 Å². The highest BCUT2D eigenvalue weighted by Crippen LogP contribution is 2.22. The number of hydrogen-bond acceptors (Lipinski definition) is 8. The number of anilines is 1. The lowest BCUT2D eigenvalue weighted by atomic mass is 10.2. The zero-order valence-corrected chi connectivity index (χ0v) is 18.5. The molecule has 1 N–H and O–H groups in total. The van der Waals surface area contributed by atoms with Crippen LogP contribution in [0.15, 0.2) is 35.4 Å². The quantitative estimate of drug-likeness (QED) is 0.481. The molecule has 1 atom stereocenters. The van der Waals surface area contributed by atoms with Crippen molar-refractivity contribution in [3.63, 3.8) is 0 Å². The van der Waals surface area contributed by atoms with Crippen LogP contribution in [0.2, 0.25) is 0 Å². The van der Waals surface area contributed by atoms with E-state index in [-0.39, 0.29) is 11.7 Å². The normalized spacial score (nSPS) is 15.9. The molecule has 0 bridgehead atoms. The van der Waals surface area contributed by atoms with Gasteiger partial charge in [0, 0.05) is 44.1 Å². The Kier molecular flexibility index (Phi) is 7.28. The Labute approximate surface area is 186 Å². The van der Waals surface area contributed by atoms with Gasteiger partial charge in [-0.15, -0.1) is 0 Å². The van der Waals surface area contributed by atoms with E-state index in [1.54, 1.807) is 30.1 Å². The lowest BCUT2D eigenvalue weighted by Crippen LogP contribution is -2.29. The molecule has 4 rings (SSSR count). The summed E-state index contributed by atoms with van der Waals surface area (Å²) < 4.78 is 18.1. The fourth-order valence-corrected chi connectivity index (χ4v) is 3.71. The predicted molar refractivity (Wildman–Crippen MR) is 122 cm³/mol. The molecule has 0 amide bonds. The fraction of sp³-hybridized carbons (Fsp3) is 0.478. The summed E-state index contributed by atoms with van der Waals surface area (Å²) in [5.41, 5.74) is 2.70. The summed E-state index contributed by atoms with van der Waals surface area (Å²) in [5.74, 6) is 0.840. The first-order chi connectivity index (χ1) is 15.7. The van der Waals surface area contributed by atoms with Gasteiger partial charge in [-0.05, 0) is 31.4 Å². The number of ether oxygens (including phenoxy) is 3. The first-order valence-electron chi connectivity index (χ1n) is 11.0. The summed E-state index contributed by atoms with van der Waals surface area (Å²) >= 11 is 0. The Morgan fingerprint density at radius 2 is 2.16 bits per heavy atom. The van der Waals surface area contributed by atoms with Crippen LogP contribution in [0.1, 0.15) is 26.2 Å². The molecule has 0 spiro atoms. The van der Waals surface area contributed by atoms with Crippen molar-refractivity contribution in [2.45, 2.75) is 38.8 Å². The minimum Gasteiger partial charge on any atom is -0.481 e. The average Bonchev–Trinajstić information content (AvgIpc) is 3.35. The molecule has 9 nitrogen and oxygen atoms in total. The first kappa shape index (κ1) is 22.2. The van der Waals surface area contributed by atoms with Crippen molar-refractivity contribution in [1.82, 2.24) is 19.5 Å². The smallest absolute Gasteiger partial charge is 0.293 e. The number of hydrogen-bond donors (Lipinski definition) is 1. The molecule has 0 aliphatic carbocycles. The van der Waals surface area contributed by atoms with Crippen LogP contribution in [0.3, 0.4) is 0 Å². The van der Waals surface area contributed by atoms with Crippen LogP contribution in [-0.4, -0.2) is 59.1 Å². The number of methoxy groups -OCH3 is 1. The Morgan fingerprint density at radius 3 is 2.88 bits per heavy atom. The predicted octanol–water partition coefficient (Wildman–Crippen LogP) is 2.88. The van der Waals surface area contributed by atoms with Gasteiger partial charge < -0.3 is 24.1 Å². The maximum absolute atomic E-state index is 13.3. The minimum absolute atomic E-state index is 0.108. The highest BCUT2D eigenvalue weighted by Gasteiger charge is 2.18. The van der Waals surface area contributed by atoms with Crippen LogP contribution < -0.4 is 15.6 Å². The zero-order valence-electron chi connectivity index (χ0n) is 18.5. The molecule has 1 aliphatic rings. The largest absolute Gasteiger partial charge is 0.481 e. The van der Waals surface area contributed by atoms with E-state index in [0.29, 0.717) is 54.7 Å². The van der Waals surface area contributed by atoms with Gasteiger partial charge in [0.15, 0.2) is 5.82 Å². The van der Waals surface area contributed by atoms with Crippen LogP contribution >= 0.6 is 0 Å². The summed E-state index contributed by atoms with van der Waals surface area (Å²) in [7, 11) is 1.58. The second-order valence-electron chi connectivity index (χ2n) is 7.69. The van der Waals surface area contributed by atoms with E-state index in [1.807, 2.05) is 12.1 Å². The zero-order chi connectivity index (χ0) is 22.3. The van der Waals surface area contributed by atoms with Crippen molar-refractivity contribution in [2.75, 3.05) is 38.8 Å². The maximum Gasteiger partial charge on any atom is 0.293 e. The average molecular weight is 440 g/mol. The molecule has 3 aromatic rings. The van der Waals surface area contributed by atoms with Gasteiger partial charge in [0.1, 0.15) is 5.52 Å². The van der Waals surface area contributed by atoms with Gasteiger partial charge in [-0.1, -0.05) is 6.92 Å². The van der Waals surface area contributed by atoms with Gasteiger partial charge >= 0.3 is 0 Å². The summed E-state index contributed by atoms with van der Waals surface area (Å²) in [6.45, 7) is 4.91. The lowest BCUT2D eigenvalue weighted by molar-refractivity contribution is 0.120. The number of aromatic nitrogens is 4. The molecular weight excluding hydrogens is 410 g/mol. The van der Waals surface area contributed by atoms with Crippen LogP contribution in [0.4, 0.5) is 5.82 Å². The third kappa shape index (κ3) is 5.05. The maximum atomic E-state index is 13.3.